The van der Waals surface area contributed by atoms with E-state index in [4.69, 9.17) is 44.1 Å². The maximum atomic E-state index is 15.4. The number of hydrogen-bond donors (Lipinski definition) is 2. The van der Waals surface area contributed by atoms with Gasteiger partial charge in [0, 0.05) is 11.1 Å². The van der Waals surface area contributed by atoms with Crippen LogP contribution in [-0.2, 0) is 16.6 Å². The van der Waals surface area contributed by atoms with Gasteiger partial charge in [-0.25, -0.2) is 0 Å². The second-order valence-electron chi connectivity index (χ2n) is 10.7. The van der Waals surface area contributed by atoms with Crippen molar-refractivity contribution in [1.29, 1.82) is 0 Å². The van der Waals surface area contributed by atoms with Crippen LogP contribution in [0.3, 0.4) is 0 Å². The molecule has 19 heteroatoms. The Bertz CT molecular complexity index is 1720. The third kappa shape index (κ3) is 8.31. The summed E-state index contributed by atoms with van der Waals surface area (Å²) in [6, 6.07) is 21.5. The quantitative estimate of drug-likeness (QED) is 0.116. The third-order valence-electron chi connectivity index (χ3n) is 7.25. The van der Waals surface area contributed by atoms with E-state index in [0.29, 0.717) is 12.1 Å². The minimum absolute atomic E-state index is 0.0667. The first-order valence-corrected chi connectivity index (χ1v) is 15.7. The molecule has 4 aromatic rings. The van der Waals surface area contributed by atoms with Crippen molar-refractivity contribution in [3.05, 3.63) is 106 Å². The van der Waals surface area contributed by atoms with Gasteiger partial charge < -0.3 is 20.9 Å². The molecule has 0 radical (unpaired) electrons. The van der Waals surface area contributed by atoms with Crippen molar-refractivity contribution in [1.82, 2.24) is 0 Å². The molecule has 0 fully saturated rings. The predicted molar refractivity (Wildman–Crippen MR) is 175 cm³/mol. The Balaban J connectivity index is 0.000000525. The summed E-state index contributed by atoms with van der Waals surface area (Å²) in [4.78, 5) is 0. The molecule has 0 spiro atoms. The number of alkyl halides is 12. The molecule has 5 nitrogen and oxygen atoms in total. The van der Waals surface area contributed by atoms with Crippen LogP contribution in [0.4, 0.5) is 64.1 Å². The second-order valence-corrected chi connectivity index (χ2v) is 11.5. The summed E-state index contributed by atoms with van der Waals surface area (Å²) >= 11 is 11.0. The van der Waals surface area contributed by atoms with Gasteiger partial charge in [0.15, 0.2) is 0 Å². The molecule has 4 rings (SSSR count). The first kappa shape index (κ1) is 43.2. The van der Waals surface area contributed by atoms with E-state index >= 15 is 26.3 Å². The molecule has 0 aliphatic rings. The van der Waals surface area contributed by atoms with E-state index in [1.807, 2.05) is 12.1 Å². The van der Waals surface area contributed by atoms with E-state index in [9.17, 15) is 26.3 Å². The van der Waals surface area contributed by atoms with Crippen molar-refractivity contribution in [2.45, 2.75) is 49.8 Å². The van der Waals surface area contributed by atoms with E-state index in [2.05, 4.69) is 53.3 Å². The highest BCUT2D eigenvalue weighted by Gasteiger charge is 2.84. The number of nitrogen functional groups attached to an aromatic ring is 2. The van der Waals surface area contributed by atoms with Crippen LogP contribution in [0.25, 0.3) is 11.1 Å². The smallest absolute Gasteiger partial charge is 0.455 e. The summed E-state index contributed by atoms with van der Waals surface area (Å²) < 4.78 is 187. The highest BCUT2D eigenvalue weighted by molar-refractivity contribution is 6.34. The minimum atomic E-state index is -7.33. The van der Waals surface area contributed by atoms with Crippen molar-refractivity contribution in [3.8, 4) is 22.6 Å². The SMILES string of the molecule is CCOc1ccc(C(F)(F)C(F)(OC(F)(C(F)(F)F)C(F)(F)c2ccc(OCC)c(N)c2Cl)C(F)(F)F)c(Cl)c1N.c1ccc(-c2ccccc2)cc1. The average molecular weight is 811 g/mol. The van der Waals surface area contributed by atoms with E-state index < -0.39 is 80.0 Å². The standard InChI is InChI=1S/C22H18Cl2F12N2O3.C12H10/c1-3-39-11-7-5-9(13(23)15(11)37)17(25,26)19(29,21(31,32)33)41-20(30,22(34,35)36)18(27,28)10-6-8-12(40-4-2)16(38)14(10)24;1-3-7-11(8-4-1)12-9-5-2-6-10-12/h5-8H,3-4,37-38H2,1-2H3;1-10H. The Morgan fingerprint density at radius 3 is 1.06 bits per heavy atom. The highest BCUT2D eigenvalue weighted by Crippen LogP contribution is 2.62. The van der Waals surface area contributed by atoms with E-state index in [0.717, 1.165) is 0 Å². The van der Waals surface area contributed by atoms with Gasteiger partial charge in [0.25, 0.3) is 0 Å². The van der Waals surface area contributed by atoms with Crippen molar-refractivity contribution in [3.63, 3.8) is 0 Å². The fourth-order valence-electron chi connectivity index (χ4n) is 4.60. The van der Waals surface area contributed by atoms with E-state index in [1.165, 1.54) is 25.0 Å². The largest absolute Gasteiger partial charge is 0.492 e. The van der Waals surface area contributed by atoms with Gasteiger partial charge in [-0.2, -0.15) is 52.7 Å². The second kappa shape index (κ2) is 16.0. The summed E-state index contributed by atoms with van der Waals surface area (Å²) in [5, 5.41) is -3.19. The molecule has 0 saturated heterocycles. The number of halogens is 14. The Kier molecular flexibility index (Phi) is 13.1. The Hall–Kier alpha value is -4.22. The molecule has 0 saturated carbocycles. The van der Waals surface area contributed by atoms with Gasteiger partial charge in [-0.3, -0.25) is 4.74 Å². The van der Waals surface area contributed by atoms with Crippen LogP contribution in [0.15, 0.2) is 84.9 Å². The Morgan fingerprint density at radius 1 is 0.491 bits per heavy atom. The molecule has 2 unspecified atom stereocenters. The molecule has 2 atom stereocenters. The maximum Gasteiger partial charge on any atom is 0.455 e. The molecule has 0 aromatic heterocycles. The zero-order chi connectivity index (χ0) is 40.2. The first-order chi connectivity index (χ1) is 24.4. The number of hydrogen-bond acceptors (Lipinski definition) is 5. The molecule has 0 aliphatic heterocycles. The van der Waals surface area contributed by atoms with Crippen LogP contribution in [0.1, 0.15) is 25.0 Å². The normalized spacial score (nSPS) is 14.7. The lowest BCUT2D eigenvalue weighted by Crippen LogP contribution is -2.66. The fourth-order valence-corrected chi connectivity index (χ4v) is 5.15. The van der Waals surface area contributed by atoms with Gasteiger partial charge in [-0.1, -0.05) is 83.9 Å². The number of anilines is 2. The molecule has 0 heterocycles. The number of ether oxygens (including phenoxy) is 3. The average Bonchev–Trinajstić information content (AvgIpc) is 3.08. The highest BCUT2D eigenvalue weighted by atomic mass is 35.5. The van der Waals surface area contributed by atoms with Gasteiger partial charge in [0.2, 0.25) is 0 Å². The lowest BCUT2D eigenvalue weighted by atomic mass is 9.96. The molecular weight excluding hydrogens is 783 g/mol. The molecule has 4 N–H and O–H groups in total. The van der Waals surface area contributed by atoms with Crippen molar-refractivity contribution < 1.29 is 66.9 Å². The molecule has 53 heavy (non-hydrogen) atoms. The number of rotatable bonds is 11. The maximum absolute atomic E-state index is 15.4. The molecule has 0 aliphatic carbocycles. The van der Waals surface area contributed by atoms with Gasteiger partial charge >= 0.3 is 35.9 Å². The molecular formula is C34H28Cl2F12N2O3. The summed E-state index contributed by atoms with van der Waals surface area (Å²) in [6.07, 6.45) is -14.7. The zero-order valence-corrected chi connectivity index (χ0v) is 28.7. The fraction of sp³-hybridized carbons (Fsp3) is 0.294. The van der Waals surface area contributed by atoms with Crippen molar-refractivity contribution >= 4 is 34.6 Å². The van der Waals surface area contributed by atoms with Gasteiger partial charge in [-0.05, 0) is 49.2 Å². The molecule has 0 amide bonds. The lowest BCUT2D eigenvalue weighted by Gasteiger charge is -2.42. The van der Waals surface area contributed by atoms with Crippen LogP contribution < -0.4 is 20.9 Å². The topological polar surface area (TPSA) is 79.7 Å². The molecule has 0 bridgehead atoms. The molecule has 290 valence electrons. The molecule has 4 aromatic carbocycles. The van der Waals surface area contributed by atoms with E-state index in [-0.39, 0.29) is 25.3 Å². The van der Waals surface area contributed by atoms with Crippen LogP contribution in [0.2, 0.25) is 10.0 Å². The van der Waals surface area contributed by atoms with Crippen LogP contribution in [0, 0.1) is 0 Å². The van der Waals surface area contributed by atoms with Crippen molar-refractivity contribution in [2.24, 2.45) is 0 Å². The first-order valence-electron chi connectivity index (χ1n) is 14.9. The Morgan fingerprint density at radius 2 is 0.792 bits per heavy atom. The van der Waals surface area contributed by atoms with Crippen LogP contribution >= 0.6 is 23.2 Å². The minimum Gasteiger partial charge on any atom is -0.492 e. The van der Waals surface area contributed by atoms with E-state index in [1.54, 1.807) is 0 Å². The lowest BCUT2D eigenvalue weighted by molar-refractivity contribution is -0.505. The predicted octanol–water partition coefficient (Wildman–Crippen LogP) is 11.7. The Labute approximate surface area is 304 Å². The summed E-state index contributed by atoms with van der Waals surface area (Å²) in [5.74, 6) is -28.3. The van der Waals surface area contributed by atoms with Crippen molar-refractivity contribution in [2.75, 3.05) is 24.7 Å². The number of benzene rings is 4. The zero-order valence-electron chi connectivity index (χ0n) is 27.2. The van der Waals surface area contributed by atoms with Crippen LogP contribution in [0.5, 0.6) is 11.5 Å². The summed E-state index contributed by atoms with van der Waals surface area (Å²) in [5.41, 5.74) is 6.61. The monoisotopic (exact) mass is 810 g/mol. The van der Waals surface area contributed by atoms with Gasteiger partial charge in [0.05, 0.1) is 34.6 Å². The van der Waals surface area contributed by atoms with Gasteiger partial charge in [-0.15, -0.1) is 0 Å². The summed E-state index contributed by atoms with van der Waals surface area (Å²) in [6.45, 7) is 2.31. The third-order valence-corrected chi connectivity index (χ3v) is 8.07. The number of nitrogens with two attached hydrogens (primary N) is 2. The van der Waals surface area contributed by atoms with Crippen LogP contribution in [-0.4, -0.2) is 37.3 Å². The summed E-state index contributed by atoms with van der Waals surface area (Å²) in [7, 11) is 0. The van der Waals surface area contributed by atoms with Gasteiger partial charge in [0.1, 0.15) is 11.5 Å².